The zero-order chi connectivity index (χ0) is 25.4. The minimum atomic E-state index is -4.60. The smallest absolute Gasteiger partial charge is 0.416 e. The van der Waals surface area contributed by atoms with Gasteiger partial charge in [-0.1, -0.05) is 24.3 Å². The van der Waals surface area contributed by atoms with Crippen molar-refractivity contribution in [1.82, 2.24) is 4.90 Å². The van der Waals surface area contributed by atoms with Gasteiger partial charge >= 0.3 is 12.1 Å². The van der Waals surface area contributed by atoms with Gasteiger partial charge < -0.3 is 14.9 Å². The van der Waals surface area contributed by atoms with E-state index in [-0.39, 0.29) is 31.0 Å². The molecular formula is C25H23F3N2O4S. The largest absolute Gasteiger partial charge is 0.481 e. The van der Waals surface area contributed by atoms with Crippen molar-refractivity contribution < 1.29 is 32.7 Å². The van der Waals surface area contributed by atoms with Crippen LogP contribution in [0.3, 0.4) is 0 Å². The second-order valence-corrected chi connectivity index (χ2v) is 9.54. The maximum absolute atomic E-state index is 13.7. The Kier molecular flexibility index (Phi) is 6.59. The molecule has 6 nitrogen and oxygen atoms in total. The normalized spacial score (nSPS) is 17.8. The van der Waals surface area contributed by atoms with Crippen molar-refractivity contribution in [2.24, 2.45) is 0 Å². The highest BCUT2D eigenvalue weighted by atomic mass is 32.1. The molecule has 0 bridgehead atoms. The molecule has 184 valence electrons. The molecule has 0 spiro atoms. The first kappa shape index (κ1) is 24.7. The number of aliphatic carboxylic acids is 1. The van der Waals surface area contributed by atoms with E-state index in [0.29, 0.717) is 18.5 Å². The van der Waals surface area contributed by atoms with Gasteiger partial charge in [-0.25, -0.2) is 0 Å². The molecule has 2 amide bonds. The first-order valence-electron chi connectivity index (χ1n) is 11.0. The number of anilines is 1. The highest BCUT2D eigenvalue weighted by Gasteiger charge is 2.51. The number of carboxylic acid groups (broad SMARTS) is 1. The predicted molar refractivity (Wildman–Crippen MR) is 127 cm³/mol. The van der Waals surface area contributed by atoms with Gasteiger partial charge in [0.1, 0.15) is 5.54 Å². The number of alkyl halides is 3. The van der Waals surface area contributed by atoms with Gasteiger partial charge in [-0.05, 0) is 44.0 Å². The third-order valence-corrected chi connectivity index (χ3v) is 7.30. The summed E-state index contributed by atoms with van der Waals surface area (Å²) in [7, 11) is 0. The van der Waals surface area contributed by atoms with Crippen molar-refractivity contribution >= 4 is 44.9 Å². The molecule has 2 aromatic carbocycles. The number of benzene rings is 2. The number of hydrogen-bond donors (Lipinski definition) is 1. The van der Waals surface area contributed by atoms with Crippen molar-refractivity contribution in [3.05, 3.63) is 65.0 Å². The van der Waals surface area contributed by atoms with E-state index in [1.165, 1.54) is 33.3 Å². The molecule has 1 atom stereocenters. The molecule has 1 unspecified atom stereocenters. The summed E-state index contributed by atoms with van der Waals surface area (Å²) >= 11 is 1.42. The second-order valence-electron chi connectivity index (χ2n) is 8.63. The summed E-state index contributed by atoms with van der Waals surface area (Å²) in [5.74, 6) is -1.93. The molecule has 3 aromatic rings. The van der Waals surface area contributed by atoms with E-state index in [2.05, 4.69) is 0 Å². The quantitative estimate of drug-likeness (QED) is 0.466. The van der Waals surface area contributed by atoms with Crippen LogP contribution >= 0.6 is 11.3 Å². The molecule has 1 aliphatic heterocycles. The fourth-order valence-electron chi connectivity index (χ4n) is 4.27. The molecule has 10 heteroatoms. The van der Waals surface area contributed by atoms with E-state index >= 15 is 0 Å². The number of fused-ring (bicyclic) bond motifs is 1. The highest BCUT2D eigenvalue weighted by Crippen LogP contribution is 2.38. The number of thiophene rings is 1. The SMILES string of the molecule is CC1(C(=O)N(CCCC(=O)O)c2cccc(C(F)(F)F)c2)CCN1C(=O)c1csc2ccccc12. The monoisotopic (exact) mass is 504 g/mol. The van der Waals surface area contributed by atoms with Gasteiger partial charge in [0.2, 0.25) is 0 Å². The van der Waals surface area contributed by atoms with E-state index < -0.39 is 29.2 Å². The van der Waals surface area contributed by atoms with Crippen LogP contribution in [0.25, 0.3) is 10.1 Å². The Hall–Kier alpha value is -3.40. The van der Waals surface area contributed by atoms with Gasteiger partial charge in [0.25, 0.3) is 11.8 Å². The highest BCUT2D eigenvalue weighted by molar-refractivity contribution is 7.17. The van der Waals surface area contributed by atoms with Crippen LogP contribution in [0.15, 0.2) is 53.9 Å². The van der Waals surface area contributed by atoms with E-state index in [0.717, 1.165) is 22.2 Å². The Morgan fingerprint density at radius 2 is 1.89 bits per heavy atom. The van der Waals surface area contributed by atoms with Crippen molar-refractivity contribution in [3.8, 4) is 0 Å². The molecule has 35 heavy (non-hydrogen) atoms. The summed E-state index contributed by atoms with van der Waals surface area (Å²) in [6.45, 7) is 1.84. The lowest BCUT2D eigenvalue weighted by molar-refractivity contribution is -0.138. The molecule has 0 saturated carbocycles. The number of carbonyl (C=O) groups excluding carboxylic acids is 2. The lowest BCUT2D eigenvalue weighted by Gasteiger charge is -2.50. The van der Waals surface area contributed by atoms with Crippen LogP contribution in [0, 0.1) is 0 Å². The molecular weight excluding hydrogens is 481 g/mol. The number of hydrogen-bond acceptors (Lipinski definition) is 4. The summed E-state index contributed by atoms with van der Waals surface area (Å²) in [6.07, 6.45) is -4.46. The molecule has 1 saturated heterocycles. The molecule has 2 heterocycles. The molecule has 4 rings (SSSR count). The lowest BCUT2D eigenvalue weighted by atomic mass is 9.84. The van der Waals surface area contributed by atoms with Crippen molar-refractivity contribution in [2.75, 3.05) is 18.0 Å². The number of amides is 2. The summed E-state index contributed by atoms with van der Waals surface area (Å²) in [5, 5.41) is 11.5. The number of carbonyl (C=O) groups is 3. The Balaban J connectivity index is 1.65. The zero-order valence-electron chi connectivity index (χ0n) is 18.8. The minimum absolute atomic E-state index is 0.0109. The van der Waals surface area contributed by atoms with Crippen LogP contribution < -0.4 is 4.90 Å². The summed E-state index contributed by atoms with van der Waals surface area (Å²) in [5.41, 5.74) is -1.70. The first-order chi connectivity index (χ1) is 16.5. The van der Waals surface area contributed by atoms with Gasteiger partial charge in [0, 0.05) is 40.7 Å². The average molecular weight is 505 g/mol. The van der Waals surface area contributed by atoms with Crippen LogP contribution in [0.4, 0.5) is 18.9 Å². The molecule has 1 aliphatic rings. The van der Waals surface area contributed by atoms with Crippen LogP contribution in [0.5, 0.6) is 0 Å². The Bertz CT molecular complexity index is 1290. The predicted octanol–water partition coefficient (Wildman–Crippen LogP) is 5.42. The number of carboxylic acids is 1. The number of halogens is 3. The number of nitrogens with zero attached hydrogens (tertiary/aromatic N) is 2. The van der Waals surface area contributed by atoms with Gasteiger partial charge in [0.05, 0.1) is 11.1 Å². The lowest BCUT2D eigenvalue weighted by Crippen LogP contribution is -2.68. The Morgan fingerprint density at radius 3 is 2.54 bits per heavy atom. The number of likely N-dealkylation sites (tertiary alicyclic amines) is 1. The van der Waals surface area contributed by atoms with E-state index in [1.54, 1.807) is 12.3 Å². The van der Waals surface area contributed by atoms with E-state index in [4.69, 9.17) is 5.11 Å². The topological polar surface area (TPSA) is 77.9 Å². The fraction of sp³-hybridized carbons (Fsp3) is 0.320. The molecule has 1 aromatic heterocycles. The van der Waals surface area contributed by atoms with Crippen molar-refractivity contribution in [3.63, 3.8) is 0 Å². The second kappa shape index (κ2) is 9.33. The van der Waals surface area contributed by atoms with Crippen LogP contribution in [-0.4, -0.2) is 46.4 Å². The van der Waals surface area contributed by atoms with Gasteiger partial charge in [0.15, 0.2) is 0 Å². The Morgan fingerprint density at radius 1 is 1.14 bits per heavy atom. The van der Waals surface area contributed by atoms with Gasteiger partial charge in [-0.15, -0.1) is 11.3 Å². The zero-order valence-corrected chi connectivity index (χ0v) is 19.7. The Labute approximate surface area is 203 Å². The van der Waals surface area contributed by atoms with Crippen molar-refractivity contribution in [2.45, 2.75) is 37.9 Å². The van der Waals surface area contributed by atoms with E-state index in [1.807, 2.05) is 24.3 Å². The summed E-state index contributed by atoms with van der Waals surface area (Å²) in [4.78, 5) is 40.8. The maximum Gasteiger partial charge on any atom is 0.416 e. The summed E-state index contributed by atoms with van der Waals surface area (Å²) < 4.78 is 40.9. The standard InChI is InChI=1S/C25H23F3N2O4S/c1-24(11-13-30(24)22(33)19-15-35-20-9-3-2-8-18(19)20)23(34)29(12-5-10-21(31)32)17-7-4-6-16(14-17)25(26,27)28/h2-4,6-9,14-15H,5,10-13H2,1H3,(H,31,32). The minimum Gasteiger partial charge on any atom is -0.481 e. The number of rotatable bonds is 7. The molecule has 0 aliphatic carbocycles. The van der Waals surface area contributed by atoms with Gasteiger partial charge in [-0.3, -0.25) is 14.4 Å². The first-order valence-corrected chi connectivity index (χ1v) is 11.9. The van der Waals surface area contributed by atoms with Crippen LogP contribution in [-0.2, 0) is 15.8 Å². The van der Waals surface area contributed by atoms with Gasteiger partial charge in [-0.2, -0.15) is 13.2 Å². The molecule has 1 N–H and O–H groups in total. The molecule has 0 radical (unpaired) electrons. The fourth-order valence-corrected chi connectivity index (χ4v) is 5.21. The van der Waals surface area contributed by atoms with Crippen LogP contribution in [0.2, 0.25) is 0 Å². The third kappa shape index (κ3) is 4.75. The average Bonchev–Trinajstić information content (AvgIpc) is 3.24. The van der Waals surface area contributed by atoms with E-state index in [9.17, 15) is 27.6 Å². The van der Waals surface area contributed by atoms with Crippen molar-refractivity contribution in [1.29, 1.82) is 0 Å². The summed E-state index contributed by atoms with van der Waals surface area (Å²) in [6, 6.07) is 11.8. The third-order valence-electron chi connectivity index (χ3n) is 6.34. The van der Waals surface area contributed by atoms with Crippen LogP contribution in [0.1, 0.15) is 42.1 Å². The maximum atomic E-state index is 13.7. The molecule has 1 fully saturated rings.